The molecule has 1 aromatic rings. The number of hydrogen-bond acceptors (Lipinski definition) is 5. The number of morpholine rings is 1. The minimum absolute atomic E-state index is 0.127. The Balaban J connectivity index is 2.20. The molecule has 7 heteroatoms. The summed E-state index contributed by atoms with van der Waals surface area (Å²) < 4.78 is 5.64. The van der Waals surface area contributed by atoms with E-state index in [1.54, 1.807) is 4.90 Å². The molecule has 5 nitrogen and oxygen atoms in total. The van der Waals surface area contributed by atoms with Crippen molar-refractivity contribution in [3.63, 3.8) is 0 Å². The van der Waals surface area contributed by atoms with Crippen molar-refractivity contribution in [2.45, 2.75) is 19.4 Å². The van der Waals surface area contributed by atoms with Crippen LogP contribution in [-0.2, 0) is 4.74 Å². The molecule has 0 radical (unpaired) electrons. The van der Waals surface area contributed by atoms with Gasteiger partial charge in [-0.3, -0.25) is 4.79 Å². The lowest BCUT2D eigenvalue weighted by Crippen LogP contribution is -2.55. The summed E-state index contributed by atoms with van der Waals surface area (Å²) in [4.78, 5) is 13.9. The third kappa shape index (κ3) is 2.18. The van der Waals surface area contributed by atoms with E-state index in [0.717, 1.165) is 11.3 Å². The highest BCUT2D eigenvalue weighted by atomic mass is 35.5. The molecule has 2 heterocycles. The average Bonchev–Trinajstić information content (AvgIpc) is 2.63. The van der Waals surface area contributed by atoms with Gasteiger partial charge in [0.25, 0.3) is 5.91 Å². The van der Waals surface area contributed by atoms with Crippen LogP contribution in [0.5, 0.6) is 0 Å². The first-order valence-corrected chi connectivity index (χ1v) is 6.09. The van der Waals surface area contributed by atoms with E-state index in [0.29, 0.717) is 24.8 Å². The van der Waals surface area contributed by atoms with Crippen LogP contribution in [-0.4, -0.2) is 46.3 Å². The first-order valence-electron chi connectivity index (χ1n) is 4.89. The first-order chi connectivity index (χ1) is 7.50. The molecule has 0 unspecified atom stereocenters. The van der Waals surface area contributed by atoms with Crippen molar-refractivity contribution in [2.24, 2.45) is 0 Å². The van der Waals surface area contributed by atoms with Gasteiger partial charge in [-0.25, -0.2) is 0 Å². The van der Waals surface area contributed by atoms with Crippen LogP contribution < -0.4 is 0 Å². The summed E-state index contributed by atoms with van der Waals surface area (Å²) >= 11 is 6.77. The Hall–Kier alpha value is -0.720. The van der Waals surface area contributed by atoms with Crippen LogP contribution in [0, 0.1) is 0 Å². The molecule has 0 spiro atoms. The molecule has 16 heavy (non-hydrogen) atoms. The Labute approximate surface area is 102 Å². The van der Waals surface area contributed by atoms with Crippen molar-refractivity contribution in [2.75, 3.05) is 19.8 Å². The number of halogens is 1. The van der Waals surface area contributed by atoms with Crippen LogP contribution in [0.2, 0.25) is 4.47 Å². The molecule has 0 aromatic carbocycles. The van der Waals surface area contributed by atoms with Crippen molar-refractivity contribution in [1.29, 1.82) is 0 Å². The Morgan fingerprint density at radius 1 is 1.56 bits per heavy atom. The van der Waals surface area contributed by atoms with E-state index in [4.69, 9.17) is 16.3 Å². The van der Waals surface area contributed by atoms with Crippen molar-refractivity contribution < 1.29 is 9.53 Å². The monoisotopic (exact) mass is 261 g/mol. The van der Waals surface area contributed by atoms with Gasteiger partial charge in [-0.05, 0) is 25.4 Å². The van der Waals surface area contributed by atoms with Crippen LogP contribution in [0.1, 0.15) is 23.6 Å². The molecule has 88 valence electrons. The molecule has 0 bridgehead atoms. The molecule has 1 saturated heterocycles. The van der Waals surface area contributed by atoms with Crippen molar-refractivity contribution in [3.8, 4) is 0 Å². The van der Waals surface area contributed by atoms with Crippen LogP contribution >= 0.6 is 22.9 Å². The van der Waals surface area contributed by atoms with E-state index in [1.807, 2.05) is 13.8 Å². The Kier molecular flexibility index (Phi) is 3.14. The molecule has 1 aliphatic heterocycles. The predicted molar refractivity (Wildman–Crippen MR) is 60.9 cm³/mol. The molecule has 0 atom stereocenters. The highest BCUT2D eigenvalue weighted by Crippen LogP contribution is 2.24. The summed E-state index contributed by atoms with van der Waals surface area (Å²) in [7, 11) is 0. The van der Waals surface area contributed by atoms with Gasteiger partial charge in [0, 0.05) is 6.54 Å². The molecule has 1 amide bonds. The zero-order valence-corrected chi connectivity index (χ0v) is 10.6. The van der Waals surface area contributed by atoms with Crippen LogP contribution in [0.25, 0.3) is 0 Å². The average molecular weight is 262 g/mol. The van der Waals surface area contributed by atoms with Gasteiger partial charge in [-0.2, -0.15) is 0 Å². The van der Waals surface area contributed by atoms with E-state index in [9.17, 15) is 4.79 Å². The SMILES string of the molecule is CC1(C)COCCN1C(=O)c1nnc(Cl)s1. The Morgan fingerprint density at radius 2 is 2.31 bits per heavy atom. The van der Waals surface area contributed by atoms with E-state index in [2.05, 4.69) is 10.2 Å². The van der Waals surface area contributed by atoms with Crippen molar-refractivity contribution >= 4 is 28.8 Å². The summed E-state index contributed by atoms with van der Waals surface area (Å²) in [6, 6.07) is 0. The van der Waals surface area contributed by atoms with Gasteiger partial charge in [0.05, 0.1) is 18.8 Å². The predicted octanol–water partition coefficient (Wildman–Crippen LogP) is 1.44. The first kappa shape index (κ1) is 11.8. The van der Waals surface area contributed by atoms with Crippen LogP contribution in [0.4, 0.5) is 0 Å². The summed E-state index contributed by atoms with van der Waals surface area (Å²) in [5, 5.41) is 7.73. The number of amides is 1. The number of carbonyl (C=O) groups excluding carboxylic acids is 1. The standard InChI is InChI=1S/C9H12ClN3O2S/c1-9(2)5-15-4-3-13(9)7(14)6-11-12-8(10)16-6/h3-5H2,1-2H3. The van der Waals surface area contributed by atoms with Crippen LogP contribution in [0.3, 0.4) is 0 Å². The third-order valence-corrected chi connectivity index (χ3v) is 3.48. The highest BCUT2D eigenvalue weighted by Gasteiger charge is 2.35. The number of hydrogen-bond donors (Lipinski definition) is 0. The number of rotatable bonds is 1. The van der Waals surface area contributed by atoms with E-state index < -0.39 is 0 Å². The maximum absolute atomic E-state index is 12.1. The largest absolute Gasteiger partial charge is 0.377 e. The zero-order chi connectivity index (χ0) is 11.8. The molecule has 1 fully saturated rings. The minimum Gasteiger partial charge on any atom is -0.377 e. The van der Waals surface area contributed by atoms with Crippen LogP contribution in [0.15, 0.2) is 0 Å². The second kappa shape index (κ2) is 4.27. The Morgan fingerprint density at radius 3 is 2.88 bits per heavy atom. The van der Waals surface area contributed by atoms with Gasteiger partial charge < -0.3 is 9.64 Å². The summed E-state index contributed by atoms with van der Waals surface area (Å²) in [6.45, 7) is 5.59. The molecular weight excluding hydrogens is 250 g/mol. The molecule has 2 rings (SSSR count). The molecular formula is C9H12ClN3O2S. The number of aromatic nitrogens is 2. The Bertz CT molecular complexity index is 407. The molecule has 1 aliphatic rings. The van der Waals surface area contributed by atoms with E-state index in [-0.39, 0.29) is 15.9 Å². The topological polar surface area (TPSA) is 55.3 Å². The zero-order valence-electron chi connectivity index (χ0n) is 9.07. The fourth-order valence-corrected chi connectivity index (χ4v) is 2.42. The molecule has 0 saturated carbocycles. The van der Waals surface area contributed by atoms with Gasteiger partial charge in [0.2, 0.25) is 9.47 Å². The fourth-order valence-electron chi connectivity index (χ4n) is 1.64. The quantitative estimate of drug-likeness (QED) is 0.768. The van der Waals surface area contributed by atoms with Crippen molar-refractivity contribution in [1.82, 2.24) is 15.1 Å². The molecule has 1 aromatic heterocycles. The minimum atomic E-state index is -0.312. The summed E-state index contributed by atoms with van der Waals surface area (Å²) in [6.07, 6.45) is 0. The molecule has 0 N–H and O–H groups in total. The fraction of sp³-hybridized carbons (Fsp3) is 0.667. The normalized spacial score (nSPS) is 19.8. The van der Waals surface area contributed by atoms with Gasteiger partial charge >= 0.3 is 0 Å². The number of ether oxygens (including phenoxy) is 1. The lowest BCUT2D eigenvalue weighted by atomic mass is 10.0. The van der Waals surface area contributed by atoms with E-state index in [1.165, 1.54) is 0 Å². The lowest BCUT2D eigenvalue weighted by molar-refractivity contribution is -0.0371. The highest BCUT2D eigenvalue weighted by molar-refractivity contribution is 7.17. The third-order valence-electron chi connectivity index (χ3n) is 2.47. The summed E-state index contributed by atoms with van der Waals surface area (Å²) in [5.74, 6) is -0.127. The lowest BCUT2D eigenvalue weighted by Gasteiger charge is -2.41. The maximum atomic E-state index is 12.1. The van der Waals surface area contributed by atoms with Crippen molar-refractivity contribution in [3.05, 3.63) is 9.47 Å². The van der Waals surface area contributed by atoms with Gasteiger partial charge in [0.15, 0.2) is 0 Å². The van der Waals surface area contributed by atoms with Gasteiger partial charge in [0.1, 0.15) is 0 Å². The second-order valence-electron chi connectivity index (χ2n) is 4.18. The summed E-state index contributed by atoms with van der Waals surface area (Å²) in [5.41, 5.74) is -0.312. The number of nitrogens with zero attached hydrogens (tertiary/aromatic N) is 3. The smallest absolute Gasteiger partial charge is 0.285 e. The van der Waals surface area contributed by atoms with Gasteiger partial charge in [-0.15, -0.1) is 10.2 Å². The van der Waals surface area contributed by atoms with E-state index >= 15 is 0 Å². The molecule has 0 aliphatic carbocycles. The number of carbonyl (C=O) groups is 1. The second-order valence-corrected chi connectivity index (χ2v) is 5.74. The maximum Gasteiger partial charge on any atom is 0.285 e. The van der Waals surface area contributed by atoms with Gasteiger partial charge in [-0.1, -0.05) is 11.3 Å².